The molecule has 23 heavy (non-hydrogen) atoms. The molecule has 0 atom stereocenters. The maximum absolute atomic E-state index is 11.8. The molecular formula is C16H15NO6. The lowest BCUT2D eigenvalue weighted by Gasteiger charge is -2.12. The van der Waals surface area contributed by atoms with E-state index < -0.39 is 10.9 Å². The molecule has 0 aliphatic rings. The van der Waals surface area contributed by atoms with Crippen LogP contribution in [-0.2, 0) is 4.74 Å². The molecule has 0 heterocycles. The SMILES string of the molecule is COC(=O)c1cc(-c2cccc(OC)c2)c(OC)c([N+](=O)[O-])c1. The summed E-state index contributed by atoms with van der Waals surface area (Å²) in [5, 5.41) is 11.3. The molecule has 120 valence electrons. The first kappa shape index (κ1) is 16.3. The number of methoxy groups -OCH3 is 3. The van der Waals surface area contributed by atoms with Gasteiger partial charge in [-0.05, 0) is 23.8 Å². The molecule has 2 rings (SSSR count). The molecule has 0 amide bonds. The Balaban J connectivity index is 2.75. The first-order chi connectivity index (χ1) is 11.0. The van der Waals surface area contributed by atoms with Gasteiger partial charge in [-0.1, -0.05) is 12.1 Å². The van der Waals surface area contributed by atoms with Gasteiger partial charge < -0.3 is 14.2 Å². The van der Waals surface area contributed by atoms with Crippen LogP contribution in [0.2, 0.25) is 0 Å². The van der Waals surface area contributed by atoms with Crippen molar-refractivity contribution in [3.8, 4) is 22.6 Å². The minimum Gasteiger partial charge on any atom is -0.497 e. The number of nitro groups is 1. The zero-order chi connectivity index (χ0) is 17.0. The lowest BCUT2D eigenvalue weighted by Crippen LogP contribution is -2.05. The van der Waals surface area contributed by atoms with Crippen molar-refractivity contribution in [3.63, 3.8) is 0 Å². The Kier molecular flexibility index (Phi) is 4.80. The second-order valence-corrected chi connectivity index (χ2v) is 4.56. The van der Waals surface area contributed by atoms with Gasteiger partial charge in [0.15, 0.2) is 0 Å². The molecule has 0 saturated carbocycles. The molecule has 0 aliphatic carbocycles. The summed E-state index contributed by atoms with van der Waals surface area (Å²) in [6, 6.07) is 9.55. The van der Waals surface area contributed by atoms with Crippen LogP contribution in [0, 0.1) is 10.1 Å². The van der Waals surface area contributed by atoms with Gasteiger partial charge in [0.25, 0.3) is 0 Å². The molecule has 0 spiro atoms. The van der Waals surface area contributed by atoms with Gasteiger partial charge in [0.2, 0.25) is 5.75 Å². The third-order valence-corrected chi connectivity index (χ3v) is 3.27. The molecule has 0 fully saturated rings. The highest BCUT2D eigenvalue weighted by atomic mass is 16.6. The van der Waals surface area contributed by atoms with Gasteiger partial charge in [0, 0.05) is 11.6 Å². The van der Waals surface area contributed by atoms with E-state index in [-0.39, 0.29) is 17.0 Å². The van der Waals surface area contributed by atoms with E-state index in [1.54, 1.807) is 24.3 Å². The molecule has 2 aromatic carbocycles. The van der Waals surface area contributed by atoms with Crippen LogP contribution in [0.5, 0.6) is 11.5 Å². The summed E-state index contributed by atoms with van der Waals surface area (Å²) in [6.45, 7) is 0. The van der Waals surface area contributed by atoms with Gasteiger partial charge in [-0.3, -0.25) is 10.1 Å². The maximum Gasteiger partial charge on any atom is 0.338 e. The lowest BCUT2D eigenvalue weighted by molar-refractivity contribution is -0.385. The van der Waals surface area contributed by atoms with Crippen LogP contribution in [0.15, 0.2) is 36.4 Å². The predicted molar refractivity (Wildman–Crippen MR) is 83.0 cm³/mol. The summed E-state index contributed by atoms with van der Waals surface area (Å²) in [5.74, 6) is -0.0218. The summed E-state index contributed by atoms with van der Waals surface area (Å²) < 4.78 is 15.0. The number of carbonyl (C=O) groups is 1. The Hall–Kier alpha value is -3.09. The van der Waals surface area contributed by atoms with Crippen molar-refractivity contribution in [2.24, 2.45) is 0 Å². The summed E-state index contributed by atoms with van der Waals surface area (Å²) in [5.41, 5.74) is 0.780. The van der Waals surface area contributed by atoms with Crippen molar-refractivity contribution in [2.45, 2.75) is 0 Å². The van der Waals surface area contributed by atoms with Crippen molar-refractivity contribution in [2.75, 3.05) is 21.3 Å². The number of ether oxygens (including phenoxy) is 3. The molecule has 0 aliphatic heterocycles. The minimum absolute atomic E-state index is 0.0657. The second-order valence-electron chi connectivity index (χ2n) is 4.56. The Morgan fingerprint density at radius 2 is 1.83 bits per heavy atom. The number of benzene rings is 2. The van der Waals surface area contributed by atoms with Crippen molar-refractivity contribution in [1.29, 1.82) is 0 Å². The van der Waals surface area contributed by atoms with Crippen molar-refractivity contribution in [3.05, 3.63) is 52.1 Å². The smallest absolute Gasteiger partial charge is 0.338 e. The molecule has 7 heteroatoms. The first-order valence-corrected chi connectivity index (χ1v) is 6.61. The van der Waals surface area contributed by atoms with Crippen molar-refractivity contribution < 1.29 is 23.9 Å². The monoisotopic (exact) mass is 317 g/mol. The Bertz CT molecular complexity index is 756. The van der Waals surface area contributed by atoms with Crippen molar-refractivity contribution >= 4 is 11.7 Å². The van der Waals surface area contributed by atoms with Crippen LogP contribution < -0.4 is 9.47 Å². The van der Waals surface area contributed by atoms with Gasteiger partial charge >= 0.3 is 11.7 Å². The van der Waals surface area contributed by atoms with Crippen LogP contribution in [0.25, 0.3) is 11.1 Å². The Morgan fingerprint density at radius 1 is 1.09 bits per heavy atom. The van der Waals surface area contributed by atoms with E-state index in [0.29, 0.717) is 16.9 Å². The van der Waals surface area contributed by atoms with Crippen molar-refractivity contribution in [1.82, 2.24) is 0 Å². The Morgan fingerprint density at radius 3 is 2.39 bits per heavy atom. The zero-order valence-electron chi connectivity index (χ0n) is 12.9. The molecule has 0 N–H and O–H groups in total. The fourth-order valence-corrected chi connectivity index (χ4v) is 2.20. The number of carbonyl (C=O) groups excluding carboxylic acids is 1. The number of nitrogens with zero attached hydrogens (tertiary/aromatic N) is 1. The highest BCUT2D eigenvalue weighted by Crippen LogP contribution is 2.40. The lowest BCUT2D eigenvalue weighted by atomic mass is 10.00. The van der Waals surface area contributed by atoms with Crippen LogP contribution >= 0.6 is 0 Å². The number of hydrogen-bond acceptors (Lipinski definition) is 6. The van der Waals surface area contributed by atoms with E-state index in [1.165, 1.54) is 27.4 Å². The van der Waals surface area contributed by atoms with Crippen LogP contribution in [0.1, 0.15) is 10.4 Å². The topological polar surface area (TPSA) is 87.9 Å². The van der Waals surface area contributed by atoms with Gasteiger partial charge in [-0.25, -0.2) is 4.79 Å². The molecule has 0 bridgehead atoms. The standard InChI is InChI=1S/C16H15NO6/c1-21-12-6-4-5-10(7-12)13-8-11(16(18)23-3)9-14(17(19)20)15(13)22-2/h4-9H,1-3H3. The van der Waals surface area contributed by atoms with Gasteiger partial charge in [0.1, 0.15) is 5.75 Å². The first-order valence-electron chi connectivity index (χ1n) is 6.61. The summed E-state index contributed by atoms with van der Waals surface area (Å²) >= 11 is 0. The summed E-state index contributed by atoms with van der Waals surface area (Å²) in [4.78, 5) is 22.5. The highest BCUT2D eigenvalue weighted by molar-refractivity contribution is 5.94. The molecule has 0 unspecified atom stereocenters. The van der Waals surface area contributed by atoms with E-state index in [4.69, 9.17) is 9.47 Å². The third-order valence-electron chi connectivity index (χ3n) is 3.27. The fraction of sp³-hybridized carbons (Fsp3) is 0.188. The molecule has 0 aromatic heterocycles. The number of hydrogen-bond donors (Lipinski definition) is 0. The number of esters is 1. The molecular weight excluding hydrogens is 302 g/mol. The second kappa shape index (κ2) is 6.78. The average molecular weight is 317 g/mol. The summed E-state index contributed by atoms with van der Waals surface area (Å²) in [7, 11) is 4.07. The largest absolute Gasteiger partial charge is 0.497 e. The van der Waals surface area contributed by atoms with Crippen LogP contribution in [-0.4, -0.2) is 32.2 Å². The van der Waals surface area contributed by atoms with Crippen LogP contribution in [0.4, 0.5) is 5.69 Å². The minimum atomic E-state index is -0.667. The van der Waals surface area contributed by atoms with Gasteiger partial charge in [0.05, 0.1) is 31.8 Å². The van der Waals surface area contributed by atoms with E-state index in [1.807, 2.05) is 0 Å². The predicted octanol–water partition coefficient (Wildman–Crippen LogP) is 3.07. The number of nitro benzene ring substituents is 1. The Labute approximate surface area is 132 Å². The normalized spacial score (nSPS) is 10.0. The van der Waals surface area contributed by atoms with E-state index >= 15 is 0 Å². The molecule has 2 aromatic rings. The zero-order valence-corrected chi connectivity index (χ0v) is 12.9. The quantitative estimate of drug-likeness (QED) is 0.478. The third kappa shape index (κ3) is 3.23. The van der Waals surface area contributed by atoms with Crippen LogP contribution in [0.3, 0.4) is 0 Å². The molecule has 7 nitrogen and oxygen atoms in total. The number of rotatable bonds is 5. The van der Waals surface area contributed by atoms with E-state index in [2.05, 4.69) is 4.74 Å². The van der Waals surface area contributed by atoms with Gasteiger partial charge in [-0.2, -0.15) is 0 Å². The van der Waals surface area contributed by atoms with E-state index in [0.717, 1.165) is 6.07 Å². The van der Waals surface area contributed by atoms with Gasteiger partial charge in [-0.15, -0.1) is 0 Å². The molecule has 0 saturated heterocycles. The fourth-order valence-electron chi connectivity index (χ4n) is 2.20. The average Bonchev–Trinajstić information content (AvgIpc) is 2.59. The van der Waals surface area contributed by atoms with E-state index in [9.17, 15) is 14.9 Å². The molecule has 0 radical (unpaired) electrons. The highest BCUT2D eigenvalue weighted by Gasteiger charge is 2.24. The summed E-state index contributed by atoms with van der Waals surface area (Å²) in [6.07, 6.45) is 0. The maximum atomic E-state index is 11.8.